The van der Waals surface area contributed by atoms with Crippen LogP contribution in [0.4, 0.5) is 5.69 Å². The Bertz CT molecular complexity index is 787. The number of hydrogen-bond acceptors (Lipinski definition) is 3. The summed E-state index contributed by atoms with van der Waals surface area (Å²) in [6.45, 7) is 0. The summed E-state index contributed by atoms with van der Waals surface area (Å²) in [7, 11) is 4.80. The molecule has 7 heteroatoms. The average molecular weight is 381 g/mol. The Kier molecular flexibility index (Phi) is 6.28. The lowest BCUT2D eigenvalue weighted by atomic mass is 10.1. The molecule has 2 aromatic rings. The van der Waals surface area contributed by atoms with E-state index in [1.54, 1.807) is 50.5 Å². The van der Waals surface area contributed by atoms with E-state index in [1.807, 2.05) is 0 Å². The van der Waals surface area contributed by atoms with Crippen LogP contribution in [0.2, 0.25) is 10.0 Å². The van der Waals surface area contributed by atoms with Crippen molar-refractivity contribution in [2.45, 2.75) is 6.42 Å². The molecular weight excluding hydrogens is 363 g/mol. The lowest BCUT2D eigenvalue weighted by Crippen LogP contribution is -2.22. The number of ether oxygens (including phenoxy) is 1. The molecule has 1 N–H and O–H groups in total. The van der Waals surface area contributed by atoms with Crippen LogP contribution in [0.25, 0.3) is 0 Å². The monoisotopic (exact) mass is 380 g/mol. The molecule has 0 spiro atoms. The first-order valence-electron chi connectivity index (χ1n) is 7.46. The molecule has 0 saturated heterocycles. The zero-order chi connectivity index (χ0) is 18.6. The molecule has 0 aliphatic heterocycles. The normalized spacial score (nSPS) is 10.3. The standard InChI is InChI=1S/C18H18Cl2N2O3/c1-22(2)18(24)11-7-8-16(25-3)15(9-11)21-17(23)10-12-13(19)5-4-6-14(12)20/h4-9H,10H2,1-3H3,(H,21,23). The molecule has 0 saturated carbocycles. The van der Waals surface area contributed by atoms with Crippen molar-refractivity contribution in [3.63, 3.8) is 0 Å². The van der Waals surface area contributed by atoms with Crippen LogP contribution in [-0.4, -0.2) is 37.9 Å². The Morgan fingerprint density at radius 2 is 1.76 bits per heavy atom. The second-order valence-corrected chi connectivity index (χ2v) is 6.35. The van der Waals surface area contributed by atoms with Crippen LogP contribution in [0.15, 0.2) is 36.4 Å². The number of carbonyl (C=O) groups is 2. The van der Waals surface area contributed by atoms with Gasteiger partial charge in [-0.25, -0.2) is 0 Å². The third-order valence-electron chi connectivity index (χ3n) is 3.53. The number of anilines is 1. The molecule has 0 radical (unpaired) electrons. The minimum Gasteiger partial charge on any atom is -0.495 e. The molecular formula is C18H18Cl2N2O3. The SMILES string of the molecule is COc1ccc(C(=O)N(C)C)cc1NC(=O)Cc1c(Cl)cccc1Cl. The maximum Gasteiger partial charge on any atom is 0.253 e. The van der Waals surface area contributed by atoms with Crippen LogP contribution < -0.4 is 10.1 Å². The predicted molar refractivity (Wildman–Crippen MR) is 99.8 cm³/mol. The van der Waals surface area contributed by atoms with Crippen molar-refractivity contribution in [1.82, 2.24) is 4.90 Å². The van der Waals surface area contributed by atoms with E-state index in [1.165, 1.54) is 12.0 Å². The van der Waals surface area contributed by atoms with Crippen molar-refractivity contribution < 1.29 is 14.3 Å². The highest BCUT2D eigenvalue weighted by Gasteiger charge is 2.15. The molecule has 5 nitrogen and oxygen atoms in total. The number of hydrogen-bond donors (Lipinski definition) is 1. The molecule has 2 aromatic carbocycles. The van der Waals surface area contributed by atoms with Gasteiger partial charge in [-0.1, -0.05) is 29.3 Å². The molecule has 0 aromatic heterocycles. The minimum atomic E-state index is -0.317. The Morgan fingerprint density at radius 1 is 1.12 bits per heavy atom. The number of rotatable bonds is 5. The van der Waals surface area contributed by atoms with Crippen LogP contribution >= 0.6 is 23.2 Å². The first-order chi connectivity index (χ1) is 11.8. The summed E-state index contributed by atoms with van der Waals surface area (Å²) in [4.78, 5) is 25.9. The van der Waals surface area contributed by atoms with Gasteiger partial charge < -0.3 is 15.0 Å². The van der Waals surface area contributed by atoms with Crippen molar-refractivity contribution in [2.24, 2.45) is 0 Å². The Hall–Kier alpha value is -2.24. The third-order valence-corrected chi connectivity index (χ3v) is 4.23. The largest absolute Gasteiger partial charge is 0.495 e. The van der Waals surface area contributed by atoms with E-state index >= 15 is 0 Å². The molecule has 132 valence electrons. The lowest BCUT2D eigenvalue weighted by molar-refractivity contribution is -0.115. The van der Waals surface area contributed by atoms with Gasteiger partial charge >= 0.3 is 0 Å². The van der Waals surface area contributed by atoms with Gasteiger partial charge in [-0.2, -0.15) is 0 Å². The van der Waals surface area contributed by atoms with Gasteiger partial charge in [-0.05, 0) is 35.9 Å². The topological polar surface area (TPSA) is 58.6 Å². The molecule has 0 fully saturated rings. The van der Waals surface area contributed by atoms with Crippen LogP contribution in [0, 0.1) is 0 Å². The third kappa shape index (κ3) is 4.65. The molecule has 25 heavy (non-hydrogen) atoms. The first-order valence-corrected chi connectivity index (χ1v) is 8.21. The van der Waals surface area contributed by atoms with E-state index in [2.05, 4.69) is 5.32 Å². The minimum absolute atomic E-state index is 0.00746. The predicted octanol–water partition coefficient (Wildman–Crippen LogP) is 3.89. The Morgan fingerprint density at radius 3 is 2.32 bits per heavy atom. The summed E-state index contributed by atoms with van der Waals surface area (Å²) in [5.41, 5.74) is 1.39. The van der Waals surface area contributed by atoms with E-state index in [-0.39, 0.29) is 18.2 Å². The van der Waals surface area contributed by atoms with E-state index in [9.17, 15) is 9.59 Å². The molecule has 2 amide bonds. The van der Waals surface area contributed by atoms with E-state index in [0.717, 1.165) is 0 Å². The van der Waals surface area contributed by atoms with Crippen molar-refractivity contribution >= 4 is 40.7 Å². The molecule has 0 heterocycles. The Labute approximate surface area is 156 Å². The van der Waals surface area contributed by atoms with Crippen molar-refractivity contribution in [2.75, 3.05) is 26.5 Å². The van der Waals surface area contributed by atoms with Gasteiger partial charge in [0.15, 0.2) is 0 Å². The molecule has 2 rings (SSSR count). The van der Waals surface area contributed by atoms with E-state index in [4.69, 9.17) is 27.9 Å². The highest BCUT2D eigenvalue weighted by atomic mass is 35.5. The zero-order valence-electron chi connectivity index (χ0n) is 14.1. The summed E-state index contributed by atoms with van der Waals surface area (Å²) in [5, 5.41) is 3.59. The smallest absolute Gasteiger partial charge is 0.253 e. The number of carbonyl (C=O) groups excluding carboxylic acids is 2. The van der Waals surface area contributed by atoms with Crippen molar-refractivity contribution in [3.05, 3.63) is 57.6 Å². The van der Waals surface area contributed by atoms with Gasteiger partial charge in [0, 0.05) is 29.7 Å². The lowest BCUT2D eigenvalue weighted by Gasteiger charge is -2.15. The highest BCUT2D eigenvalue weighted by Crippen LogP contribution is 2.28. The van der Waals surface area contributed by atoms with Crippen LogP contribution in [0.3, 0.4) is 0 Å². The average Bonchev–Trinajstić information content (AvgIpc) is 2.57. The number of halogens is 2. The van der Waals surface area contributed by atoms with E-state index < -0.39 is 0 Å². The molecule has 0 atom stereocenters. The number of methoxy groups -OCH3 is 1. The van der Waals surface area contributed by atoms with Gasteiger partial charge in [0.2, 0.25) is 5.91 Å². The van der Waals surface area contributed by atoms with Gasteiger partial charge in [0.25, 0.3) is 5.91 Å². The zero-order valence-corrected chi connectivity index (χ0v) is 15.6. The van der Waals surface area contributed by atoms with Gasteiger partial charge in [0.1, 0.15) is 5.75 Å². The van der Waals surface area contributed by atoms with Gasteiger partial charge in [-0.3, -0.25) is 9.59 Å². The molecule has 0 bridgehead atoms. The maximum atomic E-state index is 12.4. The van der Waals surface area contributed by atoms with Crippen molar-refractivity contribution in [3.8, 4) is 5.75 Å². The van der Waals surface area contributed by atoms with E-state index in [0.29, 0.717) is 32.6 Å². The number of nitrogens with one attached hydrogen (secondary N) is 1. The summed E-state index contributed by atoms with van der Waals surface area (Å²) in [6.07, 6.45) is 0.00746. The fraction of sp³-hybridized carbons (Fsp3) is 0.222. The summed E-state index contributed by atoms with van der Waals surface area (Å²) >= 11 is 12.2. The highest BCUT2D eigenvalue weighted by molar-refractivity contribution is 6.36. The molecule has 0 unspecified atom stereocenters. The number of benzene rings is 2. The maximum absolute atomic E-state index is 12.4. The Balaban J connectivity index is 2.24. The van der Waals surface area contributed by atoms with Gasteiger partial charge in [0.05, 0.1) is 19.2 Å². The number of amides is 2. The summed E-state index contributed by atoms with van der Waals surface area (Å²) in [5.74, 6) is -0.0380. The fourth-order valence-electron chi connectivity index (χ4n) is 2.25. The summed E-state index contributed by atoms with van der Waals surface area (Å²) in [6, 6.07) is 9.91. The van der Waals surface area contributed by atoms with Crippen LogP contribution in [0.5, 0.6) is 5.75 Å². The quantitative estimate of drug-likeness (QED) is 0.855. The number of nitrogens with zero attached hydrogens (tertiary/aromatic N) is 1. The fourth-order valence-corrected chi connectivity index (χ4v) is 2.78. The first kappa shape index (κ1) is 19.1. The second-order valence-electron chi connectivity index (χ2n) is 5.54. The molecule has 0 aliphatic rings. The summed E-state index contributed by atoms with van der Waals surface area (Å²) < 4.78 is 5.25. The van der Waals surface area contributed by atoms with Crippen LogP contribution in [-0.2, 0) is 11.2 Å². The van der Waals surface area contributed by atoms with Crippen molar-refractivity contribution in [1.29, 1.82) is 0 Å². The second kappa shape index (κ2) is 8.23. The van der Waals surface area contributed by atoms with Crippen LogP contribution in [0.1, 0.15) is 15.9 Å². The molecule has 0 aliphatic carbocycles. The van der Waals surface area contributed by atoms with Gasteiger partial charge in [-0.15, -0.1) is 0 Å².